The number of hydrogen-bond acceptors (Lipinski definition) is 6. The Morgan fingerprint density at radius 3 is 2.95 bits per heavy atom. The number of carbonyl (C=O) groups excluding carboxylic acids is 1. The van der Waals surface area contributed by atoms with Crippen LogP contribution in [0.25, 0.3) is 0 Å². The average Bonchev–Trinajstić information content (AvgIpc) is 2.78. The number of rotatable bonds is 4. The predicted molar refractivity (Wildman–Crippen MR) is 69.5 cm³/mol. The van der Waals surface area contributed by atoms with Gasteiger partial charge in [0.05, 0.1) is 6.54 Å². The summed E-state index contributed by atoms with van der Waals surface area (Å²) in [6, 6.07) is 0.0596. The van der Waals surface area contributed by atoms with Crippen LogP contribution in [-0.2, 0) is 4.79 Å². The molecule has 0 spiro atoms. The molecule has 1 N–H and O–H groups in total. The summed E-state index contributed by atoms with van der Waals surface area (Å²) in [6.45, 7) is 7.30. The molecule has 1 aliphatic heterocycles. The number of aryl methyl sites for hydroxylation is 1. The molecule has 0 aliphatic carbocycles. The topological polar surface area (TPSA) is 74.5 Å². The van der Waals surface area contributed by atoms with E-state index in [4.69, 9.17) is 4.52 Å². The molecule has 1 aliphatic rings. The van der Waals surface area contributed by atoms with Gasteiger partial charge in [0.25, 0.3) is 0 Å². The van der Waals surface area contributed by atoms with Gasteiger partial charge in [-0.1, -0.05) is 5.16 Å². The monoisotopic (exact) mass is 267 g/mol. The predicted octanol–water partition coefficient (Wildman–Crippen LogP) is -0.197. The molecule has 0 unspecified atom stereocenters. The molecule has 1 aromatic rings. The summed E-state index contributed by atoms with van der Waals surface area (Å²) in [5, 5.41) is 6.65. The summed E-state index contributed by atoms with van der Waals surface area (Å²) in [6.07, 6.45) is 0. The maximum atomic E-state index is 11.6. The Morgan fingerprint density at radius 1 is 1.53 bits per heavy atom. The van der Waals surface area contributed by atoms with E-state index in [0.717, 1.165) is 19.6 Å². The van der Waals surface area contributed by atoms with E-state index in [1.807, 2.05) is 20.9 Å². The van der Waals surface area contributed by atoms with Crippen molar-refractivity contribution in [3.8, 4) is 0 Å². The molecule has 0 aromatic carbocycles. The molecule has 0 bridgehead atoms. The van der Waals surface area contributed by atoms with Gasteiger partial charge in [0.2, 0.25) is 11.8 Å². The van der Waals surface area contributed by atoms with Crippen molar-refractivity contribution < 1.29 is 9.32 Å². The highest BCUT2D eigenvalue weighted by atomic mass is 16.5. The minimum Gasteiger partial charge on any atom is -0.355 e. The summed E-state index contributed by atoms with van der Waals surface area (Å²) in [4.78, 5) is 20.2. The average molecular weight is 267 g/mol. The van der Waals surface area contributed by atoms with Crippen LogP contribution in [0, 0.1) is 6.92 Å². The lowest BCUT2D eigenvalue weighted by molar-refractivity contribution is -0.122. The Labute approximate surface area is 112 Å². The first-order valence-electron chi connectivity index (χ1n) is 6.59. The second-order valence-electron chi connectivity index (χ2n) is 4.86. The normalized spacial score (nSPS) is 21.5. The van der Waals surface area contributed by atoms with Gasteiger partial charge in [0.1, 0.15) is 6.04 Å². The largest absolute Gasteiger partial charge is 0.355 e. The van der Waals surface area contributed by atoms with Crippen molar-refractivity contribution in [2.75, 3.05) is 39.8 Å². The third kappa shape index (κ3) is 3.51. The van der Waals surface area contributed by atoms with Crippen molar-refractivity contribution in [2.24, 2.45) is 0 Å². The van der Waals surface area contributed by atoms with Gasteiger partial charge < -0.3 is 9.84 Å². The first kappa shape index (κ1) is 14.0. The first-order chi connectivity index (χ1) is 9.10. The summed E-state index contributed by atoms with van der Waals surface area (Å²) >= 11 is 0. The van der Waals surface area contributed by atoms with Crippen LogP contribution in [0.4, 0.5) is 0 Å². The number of likely N-dealkylation sites (N-methyl/N-ethyl adjacent to an activating group) is 2. The van der Waals surface area contributed by atoms with Crippen molar-refractivity contribution in [3.63, 3.8) is 0 Å². The van der Waals surface area contributed by atoms with Crippen LogP contribution in [0.1, 0.15) is 24.7 Å². The van der Waals surface area contributed by atoms with Crippen molar-refractivity contribution >= 4 is 5.91 Å². The number of nitrogens with zero attached hydrogens (tertiary/aromatic N) is 4. The van der Waals surface area contributed by atoms with E-state index >= 15 is 0 Å². The Hall–Kier alpha value is -1.47. The van der Waals surface area contributed by atoms with Crippen LogP contribution in [0.15, 0.2) is 4.52 Å². The second-order valence-corrected chi connectivity index (χ2v) is 4.86. The minimum absolute atomic E-state index is 0.0596. The van der Waals surface area contributed by atoms with Crippen molar-refractivity contribution in [1.82, 2.24) is 25.3 Å². The zero-order valence-electron chi connectivity index (χ0n) is 11.7. The van der Waals surface area contributed by atoms with Crippen LogP contribution < -0.4 is 5.32 Å². The standard InChI is InChI=1S/C12H21N5O2/c1-4-13-11(18)8-17-6-5-16(3)10(7-17)12-14-9(2)15-19-12/h10H,4-8H2,1-3H3,(H,13,18)/t10-/m0/s1. The van der Waals surface area contributed by atoms with E-state index in [9.17, 15) is 4.79 Å². The lowest BCUT2D eigenvalue weighted by Crippen LogP contribution is -2.49. The molecule has 7 nitrogen and oxygen atoms in total. The molecule has 2 heterocycles. The molecule has 1 saturated heterocycles. The third-order valence-electron chi connectivity index (χ3n) is 3.30. The molecule has 0 saturated carbocycles. The molecule has 1 atom stereocenters. The summed E-state index contributed by atoms with van der Waals surface area (Å²) in [7, 11) is 2.04. The number of amides is 1. The number of piperazine rings is 1. The fourth-order valence-electron chi connectivity index (χ4n) is 2.25. The molecule has 0 radical (unpaired) electrons. The highest BCUT2D eigenvalue weighted by molar-refractivity contribution is 5.77. The van der Waals surface area contributed by atoms with Gasteiger partial charge in [-0.2, -0.15) is 4.98 Å². The molecular formula is C12H21N5O2. The van der Waals surface area contributed by atoms with Crippen LogP contribution in [-0.4, -0.2) is 65.6 Å². The Balaban J connectivity index is 1.98. The van der Waals surface area contributed by atoms with Gasteiger partial charge in [0.15, 0.2) is 5.82 Å². The summed E-state index contributed by atoms with van der Waals surface area (Å²) in [5.41, 5.74) is 0. The maximum Gasteiger partial charge on any atom is 0.245 e. The molecule has 106 valence electrons. The first-order valence-corrected chi connectivity index (χ1v) is 6.59. The number of aromatic nitrogens is 2. The van der Waals surface area contributed by atoms with E-state index in [2.05, 4.69) is 25.3 Å². The van der Waals surface area contributed by atoms with E-state index in [1.54, 1.807) is 0 Å². The van der Waals surface area contributed by atoms with Gasteiger partial charge in [-0.25, -0.2) is 0 Å². The second kappa shape index (κ2) is 6.12. The minimum atomic E-state index is 0.0596. The van der Waals surface area contributed by atoms with Gasteiger partial charge in [-0.05, 0) is 20.9 Å². The number of hydrogen-bond donors (Lipinski definition) is 1. The van der Waals surface area contributed by atoms with Crippen LogP contribution in [0.3, 0.4) is 0 Å². The van der Waals surface area contributed by atoms with Crippen molar-refractivity contribution in [1.29, 1.82) is 0 Å². The Kier molecular flexibility index (Phi) is 4.49. The molecule has 19 heavy (non-hydrogen) atoms. The molecule has 1 aromatic heterocycles. The fourth-order valence-corrected chi connectivity index (χ4v) is 2.25. The van der Waals surface area contributed by atoms with Crippen LogP contribution in [0.5, 0.6) is 0 Å². The third-order valence-corrected chi connectivity index (χ3v) is 3.30. The Bertz CT molecular complexity index is 434. The number of nitrogens with one attached hydrogen (secondary N) is 1. The molecule has 2 rings (SSSR count). The summed E-state index contributed by atoms with van der Waals surface area (Å²) < 4.78 is 5.24. The zero-order chi connectivity index (χ0) is 13.8. The van der Waals surface area contributed by atoms with Gasteiger partial charge >= 0.3 is 0 Å². The van der Waals surface area contributed by atoms with E-state index in [0.29, 0.717) is 24.8 Å². The molecule has 1 fully saturated rings. The van der Waals surface area contributed by atoms with E-state index in [-0.39, 0.29) is 11.9 Å². The maximum absolute atomic E-state index is 11.6. The molecule has 7 heteroatoms. The zero-order valence-corrected chi connectivity index (χ0v) is 11.7. The summed E-state index contributed by atoms with van der Waals surface area (Å²) in [5.74, 6) is 1.33. The van der Waals surface area contributed by atoms with Gasteiger partial charge in [0, 0.05) is 26.2 Å². The van der Waals surface area contributed by atoms with Gasteiger partial charge in [-0.3, -0.25) is 14.6 Å². The van der Waals surface area contributed by atoms with Crippen LogP contribution in [0.2, 0.25) is 0 Å². The molecule has 1 amide bonds. The lowest BCUT2D eigenvalue weighted by atomic mass is 10.1. The van der Waals surface area contributed by atoms with E-state index < -0.39 is 0 Å². The lowest BCUT2D eigenvalue weighted by Gasteiger charge is -2.37. The quantitative estimate of drug-likeness (QED) is 0.814. The number of carbonyl (C=O) groups is 1. The Morgan fingerprint density at radius 2 is 2.32 bits per heavy atom. The SMILES string of the molecule is CCNC(=O)CN1CCN(C)[C@H](c2nc(C)no2)C1. The van der Waals surface area contributed by atoms with Crippen molar-refractivity contribution in [3.05, 3.63) is 11.7 Å². The van der Waals surface area contributed by atoms with Crippen LogP contribution >= 0.6 is 0 Å². The highest BCUT2D eigenvalue weighted by Gasteiger charge is 2.30. The smallest absolute Gasteiger partial charge is 0.245 e. The highest BCUT2D eigenvalue weighted by Crippen LogP contribution is 2.22. The van der Waals surface area contributed by atoms with Gasteiger partial charge in [-0.15, -0.1) is 0 Å². The fraction of sp³-hybridized carbons (Fsp3) is 0.750. The van der Waals surface area contributed by atoms with E-state index in [1.165, 1.54) is 0 Å². The van der Waals surface area contributed by atoms with Crippen molar-refractivity contribution in [2.45, 2.75) is 19.9 Å². The molecular weight excluding hydrogens is 246 g/mol.